The fourth-order valence-electron chi connectivity index (χ4n) is 4.38. The third kappa shape index (κ3) is 5.34. The average Bonchev–Trinajstić information content (AvgIpc) is 2.73. The van der Waals surface area contributed by atoms with Crippen molar-refractivity contribution in [2.45, 2.75) is 58.7 Å². The summed E-state index contributed by atoms with van der Waals surface area (Å²) in [6.45, 7) is 5.73. The van der Waals surface area contributed by atoms with Crippen molar-refractivity contribution in [3.63, 3.8) is 0 Å². The van der Waals surface area contributed by atoms with Gasteiger partial charge in [0, 0.05) is 30.0 Å². The number of aromatic nitrogens is 1. The fraction of sp³-hybridized carbons (Fsp3) is 0.480. The third-order valence-electron chi connectivity index (χ3n) is 5.99. The van der Waals surface area contributed by atoms with E-state index in [0.29, 0.717) is 43.0 Å². The lowest BCUT2D eigenvalue weighted by molar-refractivity contribution is -0.0447. The van der Waals surface area contributed by atoms with E-state index in [1.807, 2.05) is 32.0 Å². The number of Topliss-reactive ketones (excluding diaryl/α,β-unsaturated/α-hetero) is 1. The van der Waals surface area contributed by atoms with Gasteiger partial charge in [0.05, 0.1) is 19.3 Å². The summed E-state index contributed by atoms with van der Waals surface area (Å²) in [5.41, 5.74) is 1.76. The zero-order chi connectivity index (χ0) is 22.7. The van der Waals surface area contributed by atoms with Crippen LogP contribution in [0.25, 0.3) is 0 Å². The van der Waals surface area contributed by atoms with Crippen LogP contribution in [0.5, 0.6) is 0 Å². The quantitative estimate of drug-likeness (QED) is 0.714. The molecule has 0 bridgehead atoms. The fourth-order valence-corrected chi connectivity index (χ4v) is 4.38. The number of hydrogen-bond acceptors (Lipinski definition) is 5. The molecule has 2 heterocycles. The highest BCUT2D eigenvalue weighted by atomic mass is 16.5. The van der Waals surface area contributed by atoms with E-state index in [1.54, 1.807) is 6.07 Å². The van der Waals surface area contributed by atoms with Gasteiger partial charge in [-0.3, -0.25) is 14.4 Å². The van der Waals surface area contributed by atoms with Gasteiger partial charge in [0.2, 0.25) is 0 Å². The van der Waals surface area contributed by atoms with Crippen LogP contribution in [0.2, 0.25) is 0 Å². The van der Waals surface area contributed by atoms with E-state index in [-0.39, 0.29) is 22.9 Å². The van der Waals surface area contributed by atoms with Crippen molar-refractivity contribution in [3.8, 4) is 0 Å². The van der Waals surface area contributed by atoms with Gasteiger partial charge in [0.1, 0.15) is 5.56 Å². The Balaban J connectivity index is 1.42. The summed E-state index contributed by atoms with van der Waals surface area (Å²) in [5.74, 6) is -0.594. The Morgan fingerprint density at radius 1 is 1.22 bits per heavy atom. The topological polar surface area (TPSA) is 97.5 Å². The first-order valence-corrected chi connectivity index (χ1v) is 11.2. The van der Waals surface area contributed by atoms with Crippen LogP contribution in [0.4, 0.5) is 5.69 Å². The molecular weight excluding hydrogens is 408 g/mol. The maximum atomic E-state index is 12.8. The molecule has 7 heteroatoms. The first kappa shape index (κ1) is 22.4. The predicted octanol–water partition coefficient (Wildman–Crippen LogP) is 3.87. The molecule has 7 nitrogen and oxygen atoms in total. The van der Waals surface area contributed by atoms with E-state index in [1.165, 1.54) is 12.5 Å². The summed E-state index contributed by atoms with van der Waals surface area (Å²) in [6.07, 6.45) is 4.43. The number of nitrogens with one attached hydrogen (secondary N) is 2. The first-order valence-electron chi connectivity index (χ1n) is 11.2. The van der Waals surface area contributed by atoms with Gasteiger partial charge in [0.15, 0.2) is 5.78 Å². The molecule has 4 rings (SSSR count). The Hall–Kier alpha value is -2.77. The smallest absolute Gasteiger partial charge is 0.261 e. The molecule has 0 radical (unpaired) electrons. The van der Waals surface area contributed by atoms with Crippen molar-refractivity contribution in [1.82, 2.24) is 4.98 Å². The number of hydrogen-bond donors (Lipinski definition) is 2. The van der Waals surface area contributed by atoms with Crippen LogP contribution in [-0.4, -0.2) is 36.0 Å². The minimum atomic E-state index is -0.541. The highest BCUT2D eigenvalue weighted by Gasteiger charge is 2.32. The second-order valence-electron chi connectivity index (χ2n) is 9.50. The summed E-state index contributed by atoms with van der Waals surface area (Å²) in [5, 5.41) is 2.77. The van der Waals surface area contributed by atoms with E-state index in [2.05, 4.69) is 10.3 Å². The van der Waals surface area contributed by atoms with Gasteiger partial charge in [-0.05, 0) is 54.9 Å². The monoisotopic (exact) mass is 438 g/mol. The van der Waals surface area contributed by atoms with E-state index >= 15 is 0 Å². The molecule has 0 saturated carbocycles. The number of fused-ring (bicyclic) bond motifs is 1. The van der Waals surface area contributed by atoms with Gasteiger partial charge in [-0.25, -0.2) is 0 Å². The van der Waals surface area contributed by atoms with Gasteiger partial charge in [-0.2, -0.15) is 0 Å². The number of aromatic amines is 1. The van der Waals surface area contributed by atoms with E-state index in [4.69, 9.17) is 9.47 Å². The van der Waals surface area contributed by atoms with Crippen LogP contribution in [0, 0.1) is 5.41 Å². The van der Waals surface area contributed by atoms with Crippen LogP contribution < -0.4 is 10.9 Å². The van der Waals surface area contributed by atoms with Crippen LogP contribution in [0.15, 0.2) is 35.1 Å². The molecule has 1 atom stereocenters. The Morgan fingerprint density at radius 3 is 2.84 bits per heavy atom. The molecule has 1 fully saturated rings. The van der Waals surface area contributed by atoms with Crippen LogP contribution in [-0.2, 0) is 22.5 Å². The number of anilines is 1. The Kier molecular flexibility index (Phi) is 6.58. The minimum Gasteiger partial charge on any atom is -0.376 e. The number of H-pyrrole nitrogens is 1. The molecule has 1 aliphatic heterocycles. The summed E-state index contributed by atoms with van der Waals surface area (Å²) >= 11 is 0. The molecule has 1 aliphatic carbocycles. The lowest BCUT2D eigenvalue weighted by atomic mass is 9.75. The number of rotatable bonds is 6. The highest BCUT2D eigenvalue weighted by molar-refractivity contribution is 6.06. The molecular formula is C25H30N2O5. The molecule has 1 unspecified atom stereocenters. The van der Waals surface area contributed by atoms with Crippen molar-refractivity contribution < 1.29 is 19.1 Å². The number of amides is 1. The normalized spacial score (nSPS) is 19.9. The largest absolute Gasteiger partial charge is 0.376 e. The summed E-state index contributed by atoms with van der Waals surface area (Å²) in [6, 6.07) is 8.75. The predicted molar refractivity (Wildman–Crippen MR) is 121 cm³/mol. The van der Waals surface area contributed by atoms with E-state index < -0.39 is 11.5 Å². The van der Waals surface area contributed by atoms with Crippen molar-refractivity contribution >= 4 is 17.4 Å². The van der Waals surface area contributed by atoms with E-state index in [0.717, 1.165) is 25.0 Å². The molecule has 2 N–H and O–H groups in total. The standard InChI is InChI=1S/C25H30N2O5/c1-25(2)12-21-19(22(28)13-25)11-20(24(30)27-21)23(29)26-17-7-5-6-16(10-17)14-31-15-18-8-3-4-9-32-18/h5-7,10-11,18H,3-4,8-9,12-15H2,1-2H3,(H,26,29)(H,27,30). The summed E-state index contributed by atoms with van der Waals surface area (Å²) in [7, 11) is 0. The molecule has 2 aromatic rings. The molecule has 1 aromatic heterocycles. The van der Waals surface area contributed by atoms with Crippen molar-refractivity contribution in [2.75, 3.05) is 18.5 Å². The molecule has 2 aliphatic rings. The average molecular weight is 439 g/mol. The third-order valence-corrected chi connectivity index (χ3v) is 5.99. The van der Waals surface area contributed by atoms with Crippen molar-refractivity contribution in [1.29, 1.82) is 0 Å². The summed E-state index contributed by atoms with van der Waals surface area (Å²) < 4.78 is 11.5. The number of pyridine rings is 1. The van der Waals surface area contributed by atoms with Crippen molar-refractivity contribution in [2.24, 2.45) is 5.41 Å². The maximum absolute atomic E-state index is 12.8. The Morgan fingerprint density at radius 2 is 2.06 bits per heavy atom. The molecule has 0 spiro atoms. The second-order valence-corrected chi connectivity index (χ2v) is 9.50. The number of carbonyl (C=O) groups is 2. The van der Waals surface area contributed by atoms with Gasteiger partial charge >= 0.3 is 0 Å². The molecule has 170 valence electrons. The maximum Gasteiger partial charge on any atom is 0.261 e. The van der Waals surface area contributed by atoms with Gasteiger partial charge in [-0.15, -0.1) is 0 Å². The number of ketones is 1. The lowest BCUT2D eigenvalue weighted by Crippen LogP contribution is -2.32. The van der Waals surface area contributed by atoms with Crippen LogP contribution in [0.3, 0.4) is 0 Å². The lowest BCUT2D eigenvalue weighted by Gasteiger charge is -2.29. The van der Waals surface area contributed by atoms with Gasteiger partial charge in [0.25, 0.3) is 11.5 Å². The first-order chi connectivity index (χ1) is 15.3. The molecule has 1 saturated heterocycles. The van der Waals surface area contributed by atoms with Gasteiger partial charge < -0.3 is 19.8 Å². The Labute approximate surface area is 187 Å². The zero-order valence-electron chi connectivity index (χ0n) is 18.7. The highest BCUT2D eigenvalue weighted by Crippen LogP contribution is 2.33. The zero-order valence-corrected chi connectivity index (χ0v) is 18.7. The molecule has 32 heavy (non-hydrogen) atoms. The van der Waals surface area contributed by atoms with Crippen LogP contribution in [0.1, 0.15) is 71.5 Å². The number of ether oxygens (including phenoxy) is 2. The van der Waals surface area contributed by atoms with Crippen LogP contribution >= 0.6 is 0 Å². The summed E-state index contributed by atoms with van der Waals surface area (Å²) in [4.78, 5) is 40.6. The SMILES string of the molecule is CC1(C)CC(=O)c2cc(C(=O)Nc3cccc(COCC4CCCCO4)c3)c(=O)[nH]c2C1. The molecule has 1 aromatic carbocycles. The van der Waals surface area contributed by atoms with Gasteiger partial charge in [-0.1, -0.05) is 26.0 Å². The minimum absolute atomic E-state index is 0.0531. The number of carbonyl (C=O) groups excluding carboxylic acids is 2. The number of benzene rings is 1. The molecule has 1 amide bonds. The second kappa shape index (κ2) is 9.38. The Bertz CT molecular complexity index is 1070. The van der Waals surface area contributed by atoms with E-state index in [9.17, 15) is 14.4 Å². The van der Waals surface area contributed by atoms with Crippen molar-refractivity contribution in [3.05, 3.63) is 63.1 Å².